The second-order valence-electron chi connectivity index (χ2n) is 6.89. The lowest BCUT2D eigenvalue weighted by molar-refractivity contribution is 0.0534. The third-order valence-electron chi connectivity index (χ3n) is 5.19. The molecule has 0 radical (unpaired) electrons. The van der Waals surface area contributed by atoms with E-state index in [1.165, 1.54) is 0 Å². The van der Waals surface area contributed by atoms with Gasteiger partial charge in [-0.05, 0) is 19.0 Å². The smallest absolute Gasteiger partial charge is 0.153 e. The molecule has 5 nitrogen and oxygen atoms in total. The van der Waals surface area contributed by atoms with Crippen molar-refractivity contribution in [1.82, 2.24) is 9.80 Å². The fourth-order valence-corrected chi connectivity index (χ4v) is 6.05. The Hall–Kier alpha value is -1.37. The van der Waals surface area contributed by atoms with Crippen molar-refractivity contribution < 1.29 is 13.2 Å². The van der Waals surface area contributed by atoms with Gasteiger partial charge in [0.1, 0.15) is 5.75 Å². The fourth-order valence-electron chi connectivity index (χ4n) is 4.01. The first kappa shape index (κ1) is 18.4. The Morgan fingerprint density at radius 3 is 2.56 bits per heavy atom. The molecule has 138 valence electrons. The first-order chi connectivity index (χ1) is 12.0. The van der Waals surface area contributed by atoms with Gasteiger partial charge in [-0.3, -0.25) is 9.80 Å². The maximum absolute atomic E-state index is 12.2. The lowest BCUT2D eigenvalue weighted by Crippen LogP contribution is -2.59. The molecule has 0 amide bonds. The van der Waals surface area contributed by atoms with Crippen molar-refractivity contribution in [2.24, 2.45) is 0 Å². The molecule has 2 aliphatic heterocycles. The minimum absolute atomic E-state index is 0.118. The van der Waals surface area contributed by atoms with Crippen LogP contribution in [0, 0.1) is 0 Å². The topological polar surface area (TPSA) is 49.9 Å². The molecule has 3 rings (SSSR count). The normalized spacial score (nSPS) is 26.8. The first-order valence-corrected chi connectivity index (χ1v) is 10.8. The van der Waals surface area contributed by atoms with E-state index in [1.54, 1.807) is 7.11 Å². The Labute approximate surface area is 151 Å². The van der Waals surface area contributed by atoms with Crippen LogP contribution in [0.15, 0.2) is 30.3 Å². The Bertz CT molecular complexity index is 717. The molecule has 25 heavy (non-hydrogen) atoms. The summed E-state index contributed by atoms with van der Waals surface area (Å²) in [6.07, 6.45) is 5.25. The first-order valence-electron chi connectivity index (χ1n) is 9.02. The number of para-hydroxylation sites is 1. The molecule has 2 atom stereocenters. The number of piperazine rings is 1. The van der Waals surface area contributed by atoms with Gasteiger partial charge in [-0.1, -0.05) is 37.3 Å². The fraction of sp³-hybridized carbons (Fsp3) is 0.579. The van der Waals surface area contributed by atoms with Gasteiger partial charge in [0.2, 0.25) is 0 Å². The second kappa shape index (κ2) is 7.89. The van der Waals surface area contributed by atoms with Crippen LogP contribution in [0.2, 0.25) is 0 Å². The highest BCUT2D eigenvalue weighted by Gasteiger charge is 2.45. The van der Waals surface area contributed by atoms with Gasteiger partial charge in [0.05, 0.1) is 18.6 Å². The van der Waals surface area contributed by atoms with Crippen LogP contribution in [0.4, 0.5) is 0 Å². The number of ether oxygens (including phenoxy) is 1. The average molecular weight is 365 g/mol. The van der Waals surface area contributed by atoms with Crippen molar-refractivity contribution in [3.63, 3.8) is 0 Å². The summed E-state index contributed by atoms with van der Waals surface area (Å²) in [7, 11) is -1.25. The Morgan fingerprint density at radius 1 is 1.16 bits per heavy atom. The van der Waals surface area contributed by atoms with Crippen LogP contribution >= 0.6 is 0 Å². The van der Waals surface area contributed by atoms with E-state index in [0.717, 1.165) is 43.9 Å². The number of benzene rings is 1. The third kappa shape index (κ3) is 4.25. The predicted molar refractivity (Wildman–Crippen MR) is 102 cm³/mol. The standard InChI is InChI=1S/C19H28N2O3S/c1-3-10-20-12-13-21(18-15-25(22,23)14-17(18)20)11-6-8-16-7-4-5-9-19(16)24-2/h4-9,17-18H,3,10-15H2,1-2H3/b8-6+/t17-,18+/m1/s1. The van der Waals surface area contributed by atoms with Crippen LogP contribution in [0.25, 0.3) is 6.08 Å². The number of hydrogen-bond donors (Lipinski definition) is 0. The maximum Gasteiger partial charge on any atom is 0.153 e. The molecular formula is C19H28N2O3S. The third-order valence-corrected chi connectivity index (χ3v) is 6.89. The molecule has 2 fully saturated rings. The van der Waals surface area contributed by atoms with Crippen molar-refractivity contribution in [1.29, 1.82) is 0 Å². The summed E-state index contributed by atoms with van der Waals surface area (Å²) in [4.78, 5) is 4.70. The molecule has 6 heteroatoms. The number of nitrogens with zero attached hydrogens (tertiary/aromatic N) is 2. The van der Waals surface area contributed by atoms with E-state index in [4.69, 9.17) is 4.74 Å². The van der Waals surface area contributed by atoms with Crippen LogP contribution in [-0.2, 0) is 9.84 Å². The molecule has 0 bridgehead atoms. The van der Waals surface area contributed by atoms with Crippen LogP contribution in [0.1, 0.15) is 18.9 Å². The van der Waals surface area contributed by atoms with Crippen molar-refractivity contribution >= 4 is 15.9 Å². The summed E-state index contributed by atoms with van der Waals surface area (Å²) < 4.78 is 29.7. The number of hydrogen-bond acceptors (Lipinski definition) is 5. The Balaban J connectivity index is 1.69. The lowest BCUT2D eigenvalue weighted by atomic mass is 10.0. The zero-order valence-electron chi connectivity index (χ0n) is 15.1. The van der Waals surface area contributed by atoms with Crippen LogP contribution in [0.5, 0.6) is 5.75 Å². The van der Waals surface area contributed by atoms with Crippen molar-refractivity contribution in [3.8, 4) is 5.75 Å². The molecule has 0 unspecified atom stereocenters. The van der Waals surface area contributed by atoms with Crippen molar-refractivity contribution in [2.45, 2.75) is 25.4 Å². The van der Waals surface area contributed by atoms with E-state index in [0.29, 0.717) is 11.5 Å². The van der Waals surface area contributed by atoms with Gasteiger partial charge < -0.3 is 4.74 Å². The van der Waals surface area contributed by atoms with E-state index in [-0.39, 0.29) is 12.1 Å². The summed E-state index contributed by atoms with van der Waals surface area (Å²) in [5.41, 5.74) is 1.05. The molecule has 2 saturated heterocycles. The highest BCUT2D eigenvalue weighted by molar-refractivity contribution is 7.91. The highest BCUT2D eigenvalue weighted by Crippen LogP contribution is 2.27. The Morgan fingerprint density at radius 2 is 1.84 bits per heavy atom. The summed E-state index contributed by atoms with van der Waals surface area (Å²) >= 11 is 0. The zero-order chi connectivity index (χ0) is 17.9. The van der Waals surface area contributed by atoms with Crippen molar-refractivity contribution in [2.75, 3.05) is 44.8 Å². The van der Waals surface area contributed by atoms with E-state index in [1.807, 2.05) is 24.3 Å². The average Bonchev–Trinajstić information content (AvgIpc) is 2.93. The predicted octanol–water partition coefficient (Wildman–Crippen LogP) is 1.90. The van der Waals surface area contributed by atoms with E-state index >= 15 is 0 Å². The molecule has 2 heterocycles. The monoisotopic (exact) mass is 364 g/mol. The zero-order valence-corrected chi connectivity index (χ0v) is 15.9. The van der Waals surface area contributed by atoms with Crippen LogP contribution < -0.4 is 4.74 Å². The maximum atomic E-state index is 12.2. The molecular weight excluding hydrogens is 336 g/mol. The van der Waals surface area contributed by atoms with Crippen LogP contribution in [-0.4, -0.2) is 75.1 Å². The molecule has 0 aliphatic carbocycles. The van der Waals surface area contributed by atoms with E-state index < -0.39 is 9.84 Å². The lowest BCUT2D eigenvalue weighted by Gasteiger charge is -2.43. The number of methoxy groups -OCH3 is 1. The summed E-state index contributed by atoms with van der Waals surface area (Å²) in [6, 6.07) is 8.19. The molecule has 0 N–H and O–H groups in total. The van der Waals surface area contributed by atoms with E-state index in [2.05, 4.69) is 28.9 Å². The van der Waals surface area contributed by atoms with Crippen LogP contribution in [0.3, 0.4) is 0 Å². The van der Waals surface area contributed by atoms with Gasteiger partial charge >= 0.3 is 0 Å². The minimum Gasteiger partial charge on any atom is -0.496 e. The van der Waals surface area contributed by atoms with Gasteiger partial charge in [-0.25, -0.2) is 8.42 Å². The number of rotatable bonds is 6. The van der Waals surface area contributed by atoms with Crippen molar-refractivity contribution in [3.05, 3.63) is 35.9 Å². The summed E-state index contributed by atoms with van der Waals surface area (Å²) in [6.45, 7) is 5.79. The summed E-state index contributed by atoms with van der Waals surface area (Å²) in [5.74, 6) is 1.46. The molecule has 0 aromatic heterocycles. The molecule has 1 aromatic rings. The molecule has 0 spiro atoms. The van der Waals surface area contributed by atoms with Gasteiger partial charge in [0.25, 0.3) is 0 Å². The quantitative estimate of drug-likeness (QED) is 0.772. The SMILES string of the molecule is CCCN1CCN(C/C=C/c2ccccc2OC)[C@H]2CS(=O)(=O)C[C@H]21. The highest BCUT2D eigenvalue weighted by atomic mass is 32.2. The molecule has 0 saturated carbocycles. The van der Waals surface area contributed by atoms with Gasteiger partial charge in [0, 0.05) is 37.3 Å². The van der Waals surface area contributed by atoms with E-state index in [9.17, 15) is 8.42 Å². The number of sulfone groups is 1. The minimum atomic E-state index is -2.93. The number of fused-ring (bicyclic) bond motifs is 1. The van der Waals surface area contributed by atoms with Gasteiger partial charge in [0.15, 0.2) is 9.84 Å². The Kier molecular flexibility index (Phi) is 5.81. The molecule has 1 aromatic carbocycles. The second-order valence-corrected chi connectivity index (χ2v) is 9.04. The van der Waals surface area contributed by atoms with Gasteiger partial charge in [-0.2, -0.15) is 0 Å². The largest absolute Gasteiger partial charge is 0.496 e. The molecule has 2 aliphatic rings. The van der Waals surface area contributed by atoms with Gasteiger partial charge in [-0.15, -0.1) is 0 Å². The summed E-state index contributed by atoms with van der Waals surface area (Å²) in [5, 5.41) is 0.